The average Bonchev–Trinajstić information content (AvgIpc) is 2.64. The van der Waals surface area contributed by atoms with Crippen LogP contribution in [-0.2, 0) is 0 Å². The standard InChI is InChI=1S/C11H10O3/c1-2-13-11-5-8-3-4-14-10(8)6-9(11)7-12/h3-7H,2H2,1H3. The Balaban J connectivity index is 2.60. The van der Waals surface area contributed by atoms with Crippen molar-refractivity contribution >= 4 is 17.3 Å². The second kappa shape index (κ2) is 3.54. The first-order valence-electron chi connectivity index (χ1n) is 4.44. The Morgan fingerprint density at radius 2 is 2.36 bits per heavy atom. The Morgan fingerprint density at radius 3 is 3.07 bits per heavy atom. The lowest BCUT2D eigenvalue weighted by Gasteiger charge is -2.05. The highest BCUT2D eigenvalue weighted by atomic mass is 16.5. The minimum absolute atomic E-state index is 0.523. The Kier molecular flexibility index (Phi) is 2.23. The molecular weight excluding hydrogens is 180 g/mol. The molecule has 1 aromatic heterocycles. The van der Waals surface area contributed by atoms with Crippen molar-refractivity contribution in [1.82, 2.24) is 0 Å². The van der Waals surface area contributed by atoms with E-state index in [-0.39, 0.29) is 0 Å². The summed E-state index contributed by atoms with van der Waals surface area (Å²) in [6.45, 7) is 2.43. The first-order valence-corrected chi connectivity index (χ1v) is 4.44. The van der Waals surface area contributed by atoms with E-state index in [4.69, 9.17) is 9.15 Å². The fourth-order valence-corrected chi connectivity index (χ4v) is 1.38. The number of aldehydes is 1. The van der Waals surface area contributed by atoms with Crippen LogP contribution in [0.5, 0.6) is 5.75 Å². The van der Waals surface area contributed by atoms with Crippen LogP contribution < -0.4 is 4.74 Å². The minimum atomic E-state index is 0.523. The molecule has 14 heavy (non-hydrogen) atoms. The fraction of sp³-hybridized carbons (Fsp3) is 0.182. The molecule has 0 unspecified atom stereocenters. The number of furan rings is 1. The zero-order valence-corrected chi connectivity index (χ0v) is 7.82. The van der Waals surface area contributed by atoms with Crippen molar-refractivity contribution in [2.45, 2.75) is 6.92 Å². The van der Waals surface area contributed by atoms with Gasteiger partial charge in [-0.3, -0.25) is 4.79 Å². The highest BCUT2D eigenvalue weighted by Gasteiger charge is 2.06. The first kappa shape index (κ1) is 8.81. The maximum Gasteiger partial charge on any atom is 0.153 e. The molecule has 0 N–H and O–H groups in total. The minimum Gasteiger partial charge on any atom is -0.493 e. The van der Waals surface area contributed by atoms with Gasteiger partial charge < -0.3 is 9.15 Å². The molecule has 3 heteroatoms. The third kappa shape index (κ3) is 1.37. The van der Waals surface area contributed by atoms with Gasteiger partial charge in [0.2, 0.25) is 0 Å². The lowest BCUT2D eigenvalue weighted by atomic mass is 10.1. The van der Waals surface area contributed by atoms with E-state index in [9.17, 15) is 4.79 Å². The van der Waals surface area contributed by atoms with E-state index in [2.05, 4.69) is 0 Å². The second-order valence-electron chi connectivity index (χ2n) is 2.90. The highest BCUT2D eigenvalue weighted by molar-refractivity contribution is 5.89. The van der Waals surface area contributed by atoms with Crippen LogP contribution >= 0.6 is 0 Å². The highest BCUT2D eigenvalue weighted by Crippen LogP contribution is 2.25. The molecule has 1 heterocycles. The van der Waals surface area contributed by atoms with E-state index in [1.165, 1.54) is 0 Å². The van der Waals surface area contributed by atoms with Crippen LogP contribution in [-0.4, -0.2) is 12.9 Å². The summed E-state index contributed by atoms with van der Waals surface area (Å²) >= 11 is 0. The van der Waals surface area contributed by atoms with E-state index >= 15 is 0 Å². The molecule has 3 nitrogen and oxygen atoms in total. The van der Waals surface area contributed by atoms with Crippen molar-refractivity contribution in [2.24, 2.45) is 0 Å². The van der Waals surface area contributed by atoms with Gasteiger partial charge in [-0.15, -0.1) is 0 Å². The van der Waals surface area contributed by atoms with Gasteiger partial charge >= 0.3 is 0 Å². The second-order valence-corrected chi connectivity index (χ2v) is 2.90. The van der Waals surface area contributed by atoms with Crippen LogP contribution in [0.3, 0.4) is 0 Å². The van der Waals surface area contributed by atoms with Crippen LogP contribution in [0.2, 0.25) is 0 Å². The predicted octanol–water partition coefficient (Wildman–Crippen LogP) is 2.64. The number of carbonyl (C=O) groups is 1. The van der Waals surface area contributed by atoms with E-state index in [1.54, 1.807) is 12.3 Å². The quantitative estimate of drug-likeness (QED) is 0.698. The van der Waals surface area contributed by atoms with Crippen molar-refractivity contribution in [3.05, 3.63) is 30.0 Å². The molecule has 2 aromatic rings. The molecule has 0 saturated heterocycles. The van der Waals surface area contributed by atoms with Crippen molar-refractivity contribution in [3.8, 4) is 5.75 Å². The van der Waals surface area contributed by atoms with E-state index in [0.29, 0.717) is 23.5 Å². The lowest BCUT2D eigenvalue weighted by Crippen LogP contribution is -1.95. The summed E-state index contributed by atoms with van der Waals surface area (Å²) in [6.07, 6.45) is 2.36. The number of hydrogen-bond donors (Lipinski definition) is 0. The van der Waals surface area contributed by atoms with Gasteiger partial charge in [-0.2, -0.15) is 0 Å². The molecule has 0 spiro atoms. The Bertz CT molecular complexity index is 457. The molecular formula is C11H10O3. The molecule has 0 aliphatic rings. The van der Waals surface area contributed by atoms with Crippen LogP contribution in [0.25, 0.3) is 11.0 Å². The molecule has 0 bridgehead atoms. The van der Waals surface area contributed by atoms with Gasteiger partial charge in [-0.05, 0) is 25.1 Å². The summed E-state index contributed by atoms with van der Waals surface area (Å²) in [5, 5.41) is 0.944. The molecule has 0 fully saturated rings. The molecule has 0 amide bonds. The summed E-state index contributed by atoms with van der Waals surface area (Å²) in [4.78, 5) is 10.7. The van der Waals surface area contributed by atoms with Crippen LogP contribution in [0, 0.1) is 0 Å². The van der Waals surface area contributed by atoms with Gasteiger partial charge in [0.25, 0.3) is 0 Å². The Labute approximate surface area is 81.3 Å². The van der Waals surface area contributed by atoms with Gasteiger partial charge in [0.05, 0.1) is 18.4 Å². The smallest absolute Gasteiger partial charge is 0.153 e. The number of rotatable bonds is 3. The molecule has 0 aliphatic heterocycles. The maximum absolute atomic E-state index is 10.7. The summed E-state index contributed by atoms with van der Waals surface area (Å²) in [7, 11) is 0. The summed E-state index contributed by atoms with van der Waals surface area (Å²) in [5.41, 5.74) is 1.23. The number of hydrogen-bond acceptors (Lipinski definition) is 3. The van der Waals surface area contributed by atoms with Crippen LogP contribution in [0.1, 0.15) is 17.3 Å². The number of carbonyl (C=O) groups excluding carboxylic acids is 1. The molecule has 0 saturated carbocycles. The van der Waals surface area contributed by atoms with Crippen molar-refractivity contribution in [2.75, 3.05) is 6.61 Å². The van der Waals surface area contributed by atoms with E-state index in [0.717, 1.165) is 11.7 Å². The monoisotopic (exact) mass is 190 g/mol. The topological polar surface area (TPSA) is 39.4 Å². The summed E-state index contributed by atoms with van der Waals surface area (Å²) < 4.78 is 10.5. The molecule has 0 atom stereocenters. The molecule has 72 valence electrons. The Hall–Kier alpha value is -1.77. The molecule has 0 aliphatic carbocycles. The van der Waals surface area contributed by atoms with Crippen molar-refractivity contribution in [1.29, 1.82) is 0 Å². The van der Waals surface area contributed by atoms with Gasteiger partial charge in [-0.25, -0.2) is 0 Å². The van der Waals surface area contributed by atoms with Crippen molar-refractivity contribution < 1.29 is 13.9 Å². The lowest BCUT2D eigenvalue weighted by molar-refractivity contribution is 0.112. The van der Waals surface area contributed by atoms with Gasteiger partial charge in [-0.1, -0.05) is 0 Å². The van der Waals surface area contributed by atoms with Gasteiger partial charge in [0.15, 0.2) is 6.29 Å². The predicted molar refractivity (Wildman–Crippen MR) is 52.8 cm³/mol. The van der Waals surface area contributed by atoms with Gasteiger partial charge in [0, 0.05) is 5.39 Å². The maximum atomic E-state index is 10.7. The Morgan fingerprint density at radius 1 is 1.50 bits per heavy atom. The third-order valence-electron chi connectivity index (χ3n) is 2.01. The van der Waals surface area contributed by atoms with E-state index in [1.807, 2.05) is 19.1 Å². The van der Waals surface area contributed by atoms with Crippen molar-refractivity contribution in [3.63, 3.8) is 0 Å². The van der Waals surface area contributed by atoms with E-state index < -0.39 is 0 Å². The summed E-state index contributed by atoms with van der Waals surface area (Å²) in [6, 6.07) is 5.34. The first-order chi connectivity index (χ1) is 6.85. The third-order valence-corrected chi connectivity index (χ3v) is 2.01. The molecule has 0 radical (unpaired) electrons. The average molecular weight is 190 g/mol. The number of fused-ring (bicyclic) bond motifs is 1. The zero-order chi connectivity index (χ0) is 9.97. The normalized spacial score (nSPS) is 10.4. The van der Waals surface area contributed by atoms with Gasteiger partial charge in [0.1, 0.15) is 11.3 Å². The molecule has 2 rings (SSSR count). The van der Waals surface area contributed by atoms with Crippen LogP contribution in [0.4, 0.5) is 0 Å². The summed E-state index contributed by atoms with van der Waals surface area (Å²) in [5.74, 6) is 0.608. The SMILES string of the molecule is CCOc1cc2ccoc2cc1C=O. The number of benzene rings is 1. The molecule has 1 aromatic carbocycles. The van der Waals surface area contributed by atoms with Crippen LogP contribution in [0.15, 0.2) is 28.9 Å². The zero-order valence-electron chi connectivity index (χ0n) is 7.82. The number of ether oxygens (including phenoxy) is 1. The largest absolute Gasteiger partial charge is 0.493 e. The fourth-order valence-electron chi connectivity index (χ4n) is 1.38.